The molecule has 0 radical (unpaired) electrons. The fraction of sp³-hybridized carbons (Fsp3) is 0.267. The molecule has 0 unspecified atom stereocenters. The van der Waals surface area contributed by atoms with Crippen LogP contribution in [0, 0.1) is 0 Å². The summed E-state index contributed by atoms with van der Waals surface area (Å²) in [5, 5.41) is 0. The quantitative estimate of drug-likeness (QED) is 0.776. The van der Waals surface area contributed by atoms with Gasteiger partial charge >= 0.3 is 0 Å². The van der Waals surface area contributed by atoms with E-state index >= 15 is 0 Å². The van der Waals surface area contributed by atoms with Crippen molar-refractivity contribution < 1.29 is 0 Å². The van der Waals surface area contributed by atoms with Gasteiger partial charge in [0.2, 0.25) is 0 Å². The largest absolute Gasteiger partial charge is 0.326 e. The van der Waals surface area contributed by atoms with Gasteiger partial charge in [0.05, 0.1) is 20.2 Å². The van der Waals surface area contributed by atoms with Crippen LogP contribution in [0.5, 0.6) is 0 Å². The minimum atomic E-state index is 0.333. The molecule has 0 saturated carbocycles. The van der Waals surface area contributed by atoms with E-state index in [0.29, 0.717) is 12.6 Å². The predicted molar refractivity (Wildman–Crippen MR) is 86.3 cm³/mol. The van der Waals surface area contributed by atoms with E-state index in [1.165, 1.54) is 0 Å². The van der Waals surface area contributed by atoms with Gasteiger partial charge in [0, 0.05) is 12.6 Å². The molecule has 2 N–H and O–H groups in total. The van der Waals surface area contributed by atoms with Crippen LogP contribution in [0.1, 0.15) is 25.5 Å². The topological polar surface area (TPSA) is 43.8 Å². The van der Waals surface area contributed by atoms with Crippen molar-refractivity contribution in [2.24, 2.45) is 5.73 Å². The van der Waals surface area contributed by atoms with E-state index in [0.717, 1.165) is 31.6 Å². The standard InChI is InChI=1S/C15H16ClN3S/c1-9(2)19-12-4-3-10(8-17)7-11(12)18-15(19)13-5-6-14(16)20-13/h3-7,9H,8,17H2,1-2H3. The van der Waals surface area contributed by atoms with Crippen molar-refractivity contribution in [3.63, 3.8) is 0 Å². The highest BCUT2D eigenvalue weighted by Gasteiger charge is 2.16. The molecule has 20 heavy (non-hydrogen) atoms. The highest BCUT2D eigenvalue weighted by molar-refractivity contribution is 7.19. The van der Waals surface area contributed by atoms with Crippen molar-refractivity contribution in [1.29, 1.82) is 0 Å². The summed E-state index contributed by atoms with van der Waals surface area (Å²) in [7, 11) is 0. The molecule has 0 amide bonds. The normalized spacial score (nSPS) is 11.7. The monoisotopic (exact) mass is 305 g/mol. The molecule has 0 atom stereocenters. The van der Waals surface area contributed by atoms with E-state index in [1.54, 1.807) is 11.3 Å². The predicted octanol–water partition coefficient (Wildman–Crippen LogP) is 4.46. The zero-order valence-corrected chi connectivity index (χ0v) is 13.0. The lowest BCUT2D eigenvalue weighted by atomic mass is 10.2. The molecule has 2 heterocycles. The van der Waals surface area contributed by atoms with Gasteiger partial charge in [-0.2, -0.15) is 0 Å². The van der Waals surface area contributed by atoms with Crippen molar-refractivity contribution >= 4 is 34.0 Å². The van der Waals surface area contributed by atoms with Crippen molar-refractivity contribution in [3.05, 3.63) is 40.2 Å². The summed E-state index contributed by atoms with van der Waals surface area (Å²) >= 11 is 7.61. The Labute approximate surface area is 127 Å². The lowest BCUT2D eigenvalue weighted by Crippen LogP contribution is -2.02. The lowest BCUT2D eigenvalue weighted by molar-refractivity contribution is 0.625. The van der Waals surface area contributed by atoms with Crippen LogP contribution in [0.4, 0.5) is 0 Å². The molecule has 0 aliphatic rings. The average molecular weight is 306 g/mol. The zero-order chi connectivity index (χ0) is 14.3. The Morgan fingerprint density at radius 2 is 2.10 bits per heavy atom. The Bertz CT molecular complexity index is 758. The first-order valence-corrected chi connectivity index (χ1v) is 7.76. The Balaban J connectivity index is 2.27. The minimum absolute atomic E-state index is 0.333. The molecule has 0 aliphatic carbocycles. The third kappa shape index (κ3) is 2.24. The van der Waals surface area contributed by atoms with Crippen LogP contribution in [0.15, 0.2) is 30.3 Å². The number of aromatic nitrogens is 2. The van der Waals surface area contributed by atoms with Crippen molar-refractivity contribution in [3.8, 4) is 10.7 Å². The SMILES string of the molecule is CC(C)n1c(-c2ccc(Cl)s2)nc2cc(CN)ccc21. The van der Waals surface area contributed by atoms with E-state index in [9.17, 15) is 0 Å². The highest BCUT2D eigenvalue weighted by atomic mass is 35.5. The van der Waals surface area contributed by atoms with Crippen molar-refractivity contribution in [2.75, 3.05) is 0 Å². The van der Waals surface area contributed by atoms with E-state index in [4.69, 9.17) is 22.3 Å². The summed E-state index contributed by atoms with van der Waals surface area (Å²) in [6.07, 6.45) is 0. The van der Waals surface area contributed by atoms with Crippen LogP contribution in [0.3, 0.4) is 0 Å². The molecule has 3 aromatic rings. The van der Waals surface area contributed by atoms with Crippen LogP contribution >= 0.6 is 22.9 Å². The van der Waals surface area contributed by atoms with Crippen LogP contribution in [0.25, 0.3) is 21.7 Å². The molecule has 1 aromatic carbocycles. The van der Waals surface area contributed by atoms with Gasteiger partial charge in [0.15, 0.2) is 5.82 Å². The number of fused-ring (bicyclic) bond motifs is 1. The molecule has 5 heteroatoms. The fourth-order valence-corrected chi connectivity index (χ4v) is 3.43. The summed E-state index contributed by atoms with van der Waals surface area (Å²) in [4.78, 5) is 5.88. The maximum atomic E-state index is 6.05. The van der Waals surface area contributed by atoms with Gasteiger partial charge in [-0.15, -0.1) is 11.3 Å². The first-order chi connectivity index (χ1) is 9.60. The van der Waals surface area contributed by atoms with Gasteiger partial charge in [0.25, 0.3) is 0 Å². The van der Waals surface area contributed by atoms with E-state index in [1.807, 2.05) is 12.1 Å². The van der Waals surface area contributed by atoms with Crippen molar-refractivity contribution in [1.82, 2.24) is 9.55 Å². The fourth-order valence-electron chi connectivity index (χ4n) is 2.40. The second-order valence-corrected chi connectivity index (χ2v) is 6.75. The number of nitrogens with zero attached hydrogens (tertiary/aromatic N) is 2. The molecule has 0 fully saturated rings. The number of imidazole rings is 1. The Morgan fingerprint density at radius 1 is 1.30 bits per heavy atom. The van der Waals surface area contributed by atoms with Crippen molar-refractivity contribution in [2.45, 2.75) is 26.4 Å². The van der Waals surface area contributed by atoms with Gasteiger partial charge in [-0.3, -0.25) is 0 Å². The Morgan fingerprint density at radius 3 is 2.70 bits per heavy atom. The van der Waals surface area contributed by atoms with Gasteiger partial charge in [0.1, 0.15) is 0 Å². The average Bonchev–Trinajstić information content (AvgIpc) is 3.00. The molecule has 0 bridgehead atoms. The van der Waals surface area contributed by atoms with E-state index < -0.39 is 0 Å². The van der Waals surface area contributed by atoms with Gasteiger partial charge in [-0.1, -0.05) is 17.7 Å². The van der Waals surface area contributed by atoms with Gasteiger partial charge in [-0.05, 0) is 43.7 Å². The molecule has 0 saturated heterocycles. The Kier molecular flexibility index (Phi) is 3.54. The first-order valence-electron chi connectivity index (χ1n) is 6.57. The number of benzene rings is 1. The van der Waals surface area contributed by atoms with Gasteiger partial charge in [-0.25, -0.2) is 4.98 Å². The van der Waals surface area contributed by atoms with Crippen LogP contribution < -0.4 is 5.73 Å². The molecular formula is C15H16ClN3S. The maximum Gasteiger partial charge on any atom is 0.151 e. The molecule has 104 valence electrons. The second-order valence-electron chi connectivity index (χ2n) is 5.03. The molecule has 3 rings (SSSR count). The first kappa shape index (κ1) is 13.6. The molecule has 3 nitrogen and oxygen atoms in total. The number of nitrogens with two attached hydrogens (primary N) is 1. The molecular weight excluding hydrogens is 290 g/mol. The number of rotatable bonds is 3. The third-order valence-electron chi connectivity index (χ3n) is 3.30. The smallest absolute Gasteiger partial charge is 0.151 e. The zero-order valence-electron chi connectivity index (χ0n) is 11.4. The summed E-state index contributed by atoms with van der Waals surface area (Å²) in [6, 6.07) is 10.5. The minimum Gasteiger partial charge on any atom is -0.326 e. The van der Waals surface area contributed by atoms with E-state index in [-0.39, 0.29) is 0 Å². The van der Waals surface area contributed by atoms with Crippen LogP contribution in [-0.4, -0.2) is 9.55 Å². The second kappa shape index (κ2) is 5.20. The maximum absolute atomic E-state index is 6.05. The summed E-state index contributed by atoms with van der Waals surface area (Å²) in [5.41, 5.74) is 8.93. The summed E-state index contributed by atoms with van der Waals surface area (Å²) in [5.74, 6) is 0.973. The number of halogens is 1. The summed E-state index contributed by atoms with van der Waals surface area (Å²) < 4.78 is 3.03. The number of hydrogen-bond donors (Lipinski definition) is 1. The molecule has 0 spiro atoms. The van der Waals surface area contributed by atoms with E-state index in [2.05, 4.69) is 36.6 Å². The number of thiophene rings is 1. The highest BCUT2D eigenvalue weighted by Crippen LogP contribution is 2.34. The number of hydrogen-bond acceptors (Lipinski definition) is 3. The summed E-state index contributed by atoms with van der Waals surface area (Å²) in [6.45, 7) is 4.86. The Hall–Kier alpha value is -1.36. The van der Waals surface area contributed by atoms with Gasteiger partial charge < -0.3 is 10.3 Å². The molecule has 0 aliphatic heterocycles. The van der Waals surface area contributed by atoms with Crippen LogP contribution in [-0.2, 0) is 6.54 Å². The lowest BCUT2D eigenvalue weighted by Gasteiger charge is -2.12. The van der Waals surface area contributed by atoms with Crippen LogP contribution in [0.2, 0.25) is 4.34 Å². The third-order valence-corrected chi connectivity index (χ3v) is 4.53. The molecule has 2 aromatic heterocycles.